The first-order chi connectivity index (χ1) is 8.87. The molecule has 1 aromatic carbocycles. The zero-order valence-corrected chi connectivity index (χ0v) is 11.9. The highest BCUT2D eigenvalue weighted by Gasteiger charge is 2.21. The topological polar surface area (TPSA) is 55.6 Å². The van der Waals surface area contributed by atoms with Crippen molar-refractivity contribution in [1.82, 2.24) is 0 Å². The van der Waals surface area contributed by atoms with Crippen LogP contribution in [0.5, 0.6) is 5.75 Å². The largest absolute Gasteiger partial charge is 0.493 e. The maximum atomic E-state index is 12.1. The molecule has 0 atom stereocenters. The minimum atomic E-state index is -0.483. The molecule has 1 aliphatic rings. The van der Waals surface area contributed by atoms with E-state index in [1.807, 2.05) is 32.0 Å². The molecular weight excluding hydrogens is 240 g/mol. The third-order valence-electron chi connectivity index (χ3n) is 3.26. The zero-order chi connectivity index (χ0) is 14.0. The highest BCUT2D eigenvalue weighted by molar-refractivity contribution is 5.93. The number of ether oxygens (including phenoxy) is 1. The molecule has 4 nitrogen and oxygen atoms in total. The number of hydrogen-bond donors (Lipinski definition) is 1. The van der Waals surface area contributed by atoms with E-state index in [1.54, 1.807) is 11.9 Å². The second kappa shape index (κ2) is 5.21. The van der Waals surface area contributed by atoms with E-state index in [0.717, 1.165) is 30.9 Å². The van der Waals surface area contributed by atoms with Gasteiger partial charge in [-0.15, -0.1) is 0 Å². The predicted octanol–water partition coefficient (Wildman–Crippen LogP) is 2.10. The lowest BCUT2D eigenvalue weighted by Gasteiger charge is -2.25. The fourth-order valence-electron chi connectivity index (χ4n) is 2.21. The van der Waals surface area contributed by atoms with Gasteiger partial charge in [-0.05, 0) is 50.5 Å². The highest BCUT2D eigenvalue weighted by Crippen LogP contribution is 2.29. The summed E-state index contributed by atoms with van der Waals surface area (Å²) in [6.45, 7) is 4.50. The first-order valence-electron chi connectivity index (χ1n) is 6.68. The number of nitrogens with zero attached hydrogens (tertiary/aromatic N) is 1. The summed E-state index contributed by atoms with van der Waals surface area (Å²) in [6, 6.07) is 5.91. The molecule has 0 saturated heterocycles. The molecule has 1 heterocycles. The molecule has 1 amide bonds. The van der Waals surface area contributed by atoms with Crippen LogP contribution < -0.4 is 15.4 Å². The number of aryl methyl sites for hydroxylation is 1. The number of carbonyl (C=O) groups is 1. The Balaban J connectivity index is 2.15. The molecule has 0 aromatic heterocycles. The Kier molecular flexibility index (Phi) is 3.80. The normalized spacial score (nSPS) is 14.5. The molecule has 1 aromatic rings. The quantitative estimate of drug-likeness (QED) is 0.907. The van der Waals surface area contributed by atoms with Crippen molar-refractivity contribution in [2.75, 3.05) is 18.6 Å². The number of carbonyl (C=O) groups excluding carboxylic acids is 1. The van der Waals surface area contributed by atoms with E-state index in [2.05, 4.69) is 0 Å². The third-order valence-corrected chi connectivity index (χ3v) is 3.26. The lowest BCUT2D eigenvalue weighted by molar-refractivity contribution is -0.119. The lowest BCUT2D eigenvalue weighted by atomic mass is 10.0. The average molecular weight is 262 g/mol. The molecule has 0 fully saturated rings. The van der Waals surface area contributed by atoms with Gasteiger partial charge in [-0.1, -0.05) is 0 Å². The van der Waals surface area contributed by atoms with Gasteiger partial charge in [0.2, 0.25) is 5.91 Å². The molecule has 0 spiro atoms. The van der Waals surface area contributed by atoms with E-state index in [9.17, 15) is 4.79 Å². The van der Waals surface area contributed by atoms with Crippen molar-refractivity contribution in [2.24, 2.45) is 5.73 Å². The van der Waals surface area contributed by atoms with Crippen molar-refractivity contribution in [3.05, 3.63) is 23.8 Å². The summed E-state index contributed by atoms with van der Waals surface area (Å²) in [4.78, 5) is 13.8. The molecule has 0 bridgehead atoms. The Labute approximate surface area is 114 Å². The third kappa shape index (κ3) is 3.47. The fourth-order valence-corrected chi connectivity index (χ4v) is 2.21. The van der Waals surface area contributed by atoms with Gasteiger partial charge in [0.1, 0.15) is 5.75 Å². The van der Waals surface area contributed by atoms with Gasteiger partial charge in [-0.25, -0.2) is 0 Å². The Bertz CT molecular complexity index is 478. The van der Waals surface area contributed by atoms with Crippen molar-refractivity contribution in [2.45, 2.75) is 38.6 Å². The van der Waals surface area contributed by atoms with Crippen LogP contribution >= 0.6 is 0 Å². The standard InChI is InChI=1S/C15H22N2O2/c1-15(2,16)10-14(18)17(3)12-6-7-13-11(9-12)5-4-8-19-13/h6-7,9H,4-5,8,10,16H2,1-3H3. The van der Waals surface area contributed by atoms with Gasteiger partial charge in [0.15, 0.2) is 0 Å². The van der Waals surface area contributed by atoms with Crippen LogP contribution in [0.15, 0.2) is 18.2 Å². The van der Waals surface area contributed by atoms with E-state index in [-0.39, 0.29) is 5.91 Å². The minimum Gasteiger partial charge on any atom is -0.493 e. The molecule has 19 heavy (non-hydrogen) atoms. The first kappa shape index (κ1) is 13.9. The fraction of sp³-hybridized carbons (Fsp3) is 0.533. The number of benzene rings is 1. The van der Waals surface area contributed by atoms with Gasteiger partial charge in [0.25, 0.3) is 0 Å². The van der Waals surface area contributed by atoms with Crippen molar-refractivity contribution in [3.63, 3.8) is 0 Å². The molecule has 0 radical (unpaired) electrons. The summed E-state index contributed by atoms with van der Waals surface area (Å²) in [5, 5.41) is 0. The van der Waals surface area contributed by atoms with E-state index < -0.39 is 5.54 Å². The summed E-state index contributed by atoms with van der Waals surface area (Å²) < 4.78 is 5.58. The number of anilines is 1. The number of amides is 1. The zero-order valence-electron chi connectivity index (χ0n) is 11.9. The number of rotatable bonds is 3. The molecule has 0 unspecified atom stereocenters. The molecule has 2 rings (SSSR count). The van der Waals surface area contributed by atoms with Crippen molar-refractivity contribution < 1.29 is 9.53 Å². The monoisotopic (exact) mass is 262 g/mol. The van der Waals surface area contributed by atoms with Crippen molar-refractivity contribution in [3.8, 4) is 5.75 Å². The molecule has 1 aliphatic heterocycles. The summed E-state index contributed by atoms with van der Waals surface area (Å²) in [5.41, 5.74) is 7.49. The smallest absolute Gasteiger partial charge is 0.228 e. The Morgan fingerprint density at radius 1 is 1.47 bits per heavy atom. The summed E-state index contributed by atoms with van der Waals surface area (Å²) in [7, 11) is 1.79. The molecule has 4 heteroatoms. The maximum Gasteiger partial charge on any atom is 0.228 e. The molecule has 2 N–H and O–H groups in total. The Morgan fingerprint density at radius 3 is 2.89 bits per heavy atom. The summed E-state index contributed by atoms with van der Waals surface area (Å²) >= 11 is 0. The van der Waals surface area contributed by atoms with Crippen LogP contribution in [0.4, 0.5) is 5.69 Å². The first-order valence-corrected chi connectivity index (χ1v) is 6.68. The lowest BCUT2D eigenvalue weighted by Crippen LogP contribution is -2.39. The predicted molar refractivity (Wildman–Crippen MR) is 76.6 cm³/mol. The second-order valence-electron chi connectivity index (χ2n) is 5.86. The molecule has 0 aliphatic carbocycles. The maximum absolute atomic E-state index is 12.1. The van der Waals surface area contributed by atoms with Gasteiger partial charge in [0.05, 0.1) is 6.61 Å². The molecule has 0 saturated carbocycles. The van der Waals surface area contributed by atoms with Gasteiger partial charge >= 0.3 is 0 Å². The van der Waals surface area contributed by atoms with Crippen LogP contribution in [0, 0.1) is 0 Å². The van der Waals surface area contributed by atoms with E-state index in [4.69, 9.17) is 10.5 Å². The van der Waals surface area contributed by atoms with Crippen LogP contribution in [0.3, 0.4) is 0 Å². The number of fused-ring (bicyclic) bond motifs is 1. The average Bonchev–Trinajstić information content (AvgIpc) is 2.35. The Hall–Kier alpha value is -1.55. The number of nitrogens with two attached hydrogens (primary N) is 1. The van der Waals surface area contributed by atoms with Crippen molar-refractivity contribution >= 4 is 11.6 Å². The molecule has 104 valence electrons. The number of hydrogen-bond acceptors (Lipinski definition) is 3. The highest BCUT2D eigenvalue weighted by atomic mass is 16.5. The van der Waals surface area contributed by atoms with E-state index in [1.165, 1.54) is 5.56 Å². The second-order valence-corrected chi connectivity index (χ2v) is 5.86. The van der Waals surface area contributed by atoms with Crippen LogP contribution in [-0.4, -0.2) is 25.1 Å². The van der Waals surface area contributed by atoms with E-state index in [0.29, 0.717) is 6.42 Å². The van der Waals surface area contributed by atoms with Gasteiger partial charge in [-0.3, -0.25) is 4.79 Å². The SMILES string of the molecule is CN(C(=O)CC(C)(C)N)c1ccc2c(c1)CCCO2. The molecular formula is C15H22N2O2. The summed E-state index contributed by atoms with van der Waals surface area (Å²) in [5.74, 6) is 0.971. The van der Waals surface area contributed by atoms with Gasteiger partial charge < -0.3 is 15.4 Å². The van der Waals surface area contributed by atoms with Crippen LogP contribution in [0.2, 0.25) is 0 Å². The van der Waals surface area contributed by atoms with Gasteiger partial charge in [0, 0.05) is 24.7 Å². The van der Waals surface area contributed by atoms with Crippen LogP contribution in [0.1, 0.15) is 32.3 Å². The van der Waals surface area contributed by atoms with Crippen molar-refractivity contribution in [1.29, 1.82) is 0 Å². The van der Waals surface area contributed by atoms with Crippen LogP contribution in [0.25, 0.3) is 0 Å². The van der Waals surface area contributed by atoms with Crippen LogP contribution in [-0.2, 0) is 11.2 Å². The van der Waals surface area contributed by atoms with Gasteiger partial charge in [-0.2, -0.15) is 0 Å². The van der Waals surface area contributed by atoms with E-state index >= 15 is 0 Å². The minimum absolute atomic E-state index is 0.0316. The Morgan fingerprint density at radius 2 is 2.21 bits per heavy atom. The summed E-state index contributed by atoms with van der Waals surface area (Å²) in [6.07, 6.45) is 2.37.